The average Bonchev–Trinajstić information content (AvgIpc) is 2.26. The Balaban J connectivity index is 2.12. The summed E-state index contributed by atoms with van der Waals surface area (Å²) in [7, 11) is 1.96. The van der Waals surface area contributed by atoms with Crippen LogP contribution in [0.5, 0.6) is 11.5 Å². The molecule has 0 atom stereocenters. The van der Waals surface area contributed by atoms with Crippen molar-refractivity contribution in [2.75, 3.05) is 26.8 Å². The molecule has 3 heteroatoms. The maximum absolute atomic E-state index is 5.50. The maximum Gasteiger partial charge on any atom is 0.161 e. The molecule has 0 fully saturated rings. The van der Waals surface area contributed by atoms with Crippen LogP contribution in [0.15, 0.2) is 18.2 Å². The standard InChI is InChI=1S/C11H15NO2/c1-12-5-4-9-2-3-10-11(8-9)14-7-6-13-10/h2-3,8,12H,4-7H2,1H3. The van der Waals surface area contributed by atoms with Gasteiger partial charge in [0.1, 0.15) is 13.2 Å². The van der Waals surface area contributed by atoms with E-state index < -0.39 is 0 Å². The van der Waals surface area contributed by atoms with Crippen LogP contribution in [-0.4, -0.2) is 26.8 Å². The third kappa shape index (κ3) is 1.99. The van der Waals surface area contributed by atoms with Crippen molar-refractivity contribution in [3.63, 3.8) is 0 Å². The lowest BCUT2D eigenvalue weighted by molar-refractivity contribution is 0.171. The summed E-state index contributed by atoms with van der Waals surface area (Å²) in [6.07, 6.45) is 1.02. The maximum atomic E-state index is 5.50. The number of nitrogens with one attached hydrogen (secondary N) is 1. The molecule has 1 aliphatic heterocycles. The van der Waals surface area contributed by atoms with Gasteiger partial charge in [0.15, 0.2) is 11.5 Å². The highest BCUT2D eigenvalue weighted by Crippen LogP contribution is 2.30. The van der Waals surface area contributed by atoms with Crippen LogP contribution in [0.1, 0.15) is 5.56 Å². The van der Waals surface area contributed by atoms with Crippen LogP contribution in [0.25, 0.3) is 0 Å². The van der Waals surface area contributed by atoms with E-state index in [4.69, 9.17) is 9.47 Å². The fourth-order valence-electron chi connectivity index (χ4n) is 1.51. The monoisotopic (exact) mass is 193 g/mol. The van der Waals surface area contributed by atoms with E-state index in [0.29, 0.717) is 13.2 Å². The molecule has 2 rings (SSSR count). The van der Waals surface area contributed by atoms with E-state index in [1.54, 1.807) is 0 Å². The molecule has 0 spiro atoms. The van der Waals surface area contributed by atoms with E-state index in [9.17, 15) is 0 Å². The fourth-order valence-corrected chi connectivity index (χ4v) is 1.51. The van der Waals surface area contributed by atoms with Crippen molar-refractivity contribution in [2.24, 2.45) is 0 Å². The molecule has 0 amide bonds. The molecule has 1 aromatic rings. The number of hydrogen-bond acceptors (Lipinski definition) is 3. The van der Waals surface area contributed by atoms with E-state index in [2.05, 4.69) is 17.4 Å². The van der Waals surface area contributed by atoms with Gasteiger partial charge in [0.05, 0.1) is 0 Å². The minimum atomic E-state index is 0.655. The summed E-state index contributed by atoms with van der Waals surface area (Å²) < 4.78 is 10.9. The molecule has 0 aromatic heterocycles. The highest BCUT2D eigenvalue weighted by atomic mass is 16.6. The third-order valence-corrected chi connectivity index (χ3v) is 2.27. The van der Waals surface area contributed by atoms with Crippen LogP contribution in [-0.2, 0) is 6.42 Å². The largest absolute Gasteiger partial charge is 0.486 e. The summed E-state index contributed by atoms with van der Waals surface area (Å²) in [4.78, 5) is 0. The fraction of sp³-hybridized carbons (Fsp3) is 0.455. The normalized spacial score (nSPS) is 14.1. The third-order valence-electron chi connectivity index (χ3n) is 2.27. The zero-order chi connectivity index (χ0) is 9.80. The first-order valence-corrected chi connectivity index (χ1v) is 4.93. The van der Waals surface area contributed by atoms with Gasteiger partial charge in [0.25, 0.3) is 0 Å². The number of likely N-dealkylation sites (N-methyl/N-ethyl adjacent to an activating group) is 1. The molecule has 14 heavy (non-hydrogen) atoms. The van der Waals surface area contributed by atoms with Crippen molar-refractivity contribution in [2.45, 2.75) is 6.42 Å². The Hall–Kier alpha value is -1.22. The lowest BCUT2D eigenvalue weighted by Crippen LogP contribution is -2.16. The van der Waals surface area contributed by atoms with Crippen LogP contribution in [0, 0.1) is 0 Å². The Morgan fingerprint density at radius 3 is 2.79 bits per heavy atom. The molecule has 0 aliphatic carbocycles. The van der Waals surface area contributed by atoms with Crippen molar-refractivity contribution in [1.29, 1.82) is 0 Å². The van der Waals surface area contributed by atoms with E-state index in [0.717, 1.165) is 24.5 Å². The van der Waals surface area contributed by atoms with Gasteiger partial charge in [-0.1, -0.05) is 6.07 Å². The molecule has 0 bridgehead atoms. The predicted octanol–water partition coefficient (Wildman–Crippen LogP) is 1.22. The van der Waals surface area contributed by atoms with Gasteiger partial charge in [0, 0.05) is 0 Å². The highest BCUT2D eigenvalue weighted by Gasteiger charge is 2.10. The molecule has 1 heterocycles. The van der Waals surface area contributed by atoms with Crippen molar-refractivity contribution < 1.29 is 9.47 Å². The molecular weight excluding hydrogens is 178 g/mol. The summed E-state index contributed by atoms with van der Waals surface area (Å²) in [5.41, 5.74) is 1.28. The Bertz CT molecular complexity index is 312. The summed E-state index contributed by atoms with van der Waals surface area (Å²) in [5.74, 6) is 1.74. The molecule has 0 saturated carbocycles. The zero-order valence-electron chi connectivity index (χ0n) is 8.38. The Morgan fingerprint density at radius 1 is 1.21 bits per heavy atom. The van der Waals surface area contributed by atoms with Gasteiger partial charge in [0.2, 0.25) is 0 Å². The number of rotatable bonds is 3. The van der Waals surface area contributed by atoms with E-state index in [1.165, 1.54) is 5.56 Å². The average molecular weight is 193 g/mol. The van der Waals surface area contributed by atoms with Gasteiger partial charge < -0.3 is 14.8 Å². The second-order valence-electron chi connectivity index (χ2n) is 3.33. The zero-order valence-corrected chi connectivity index (χ0v) is 8.38. The van der Waals surface area contributed by atoms with E-state index in [-0.39, 0.29) is 0 Å². The summed E-state index contributed by atoms with van der Waals surface area (Å²) in [6.45, 7) is 2.30. The Kier molecular flexibility index (Phi) is 2.89. The number of benzene rings is 1. The minimum Gasteiger partial charge on any atom is -0.486 e. The minimum absolute atomic E-state index is 0.655. The lowest BCUT2D eigenvalue weighted by atomic mass is 10.1. The molecule has 76 valence electrons. The predicted molar refractivity (Wildman–Crippen MR) is 55.1 cm³/mol. The first-order valence-electron chi connectivity index (χ1n) is 4.93. The van der Waals surface area contributed by atoms with E-state index >= 15 is 0 Å². The molecule has 0 radical (unpaired) electrons. The SMILES string of the molecule is CNCCc1ccc2c(c1)OCCO2. The molecule has 3 nitrogen and oxygen atoms in total. The molecule has 1 aromatic carbocycles. The summed E-state index contributed by atoms with van der Waals surface area (Å²) in [5, 5.41) is 3.12. The van der Waals surface area contributed by atoms with Crippen LogP contribution in [0.4, 0.5) is 0 Å². The van der Waals surface area contributed by atoms with Crippen LogP contribution in [0.2, 0.25) is 0 Å². The number of fused-ring (bicyclic) bond motifs is 1. The molecular formula is C11H15NO2. The molecule has 0 unspecified atom stereocenters. The smallest absolute Gasteiger partial charge is 0.161 e. The van der Waals surface area contributed by atoms with Gasteiger partial charge in [-0.2, -0.15) is 0 Å². The Morgan fingerprint density at radius 2 is 2.00 bits per heavy atom. The van der Waals surface area contributed by atoms with Gasteiger partial charge in [-0.3, -0.25) is 0 Å². The number of hydrogen-bond donors (Lipinski definition) is 1. The first-order chi connectivity index (χ1) is 6.90. The summed E-state index contributed by atoms with van der Waals surface area (Å²) >= 11 is 0. The quantitative estimate of drug-likeness (QED) is 0.783. The first kappa shape index (κ1) is 9.34. The lowest BCUT2D eigenvalue weighted by Gasteiger charge is -2.18. The second-order valence-corrected chi connectivity index (χ2v) is 3.33. The highest BCUT2D eigenvalue weighted by molar-refractivity contribution is 5.43. The van der Waals surface area contributed by atoms with Crippen molar-refractivity contribution in [3.8, 4) is 11.5 Å². The van der Waals surface area contributed by atoms with Crippen LogP contribution in [0.3, 0.4) is 0 Å². The van der Waals surface area contributed by atoms with Crippen LogP contribution < -0.4 is 14.8 Å². The van der Waals surface area contributed by atoms with Gasteiger partial charge in [-0.15, -0.1) is 0 Å². The number of ether oxygens (including phenoxy) is 2. The molecule has 0 saturated heterocycles. The molecule has 1 aliphatic rings. The second kappa shape index (κ2) is 4.33. The van der Waals surface area contributed by atoms with Gasteiger partial charge >= 0.3 is 0 Å². The summed E-state index contributed by atoms with van der Waals surface area (Å²) in [6, 6.07) is 6.14. The van der Waals surface area contributed by atoms with Crippen molar-refractivity contribution >= 4 is 0 Å². The van der Waals surface area contributed by atoms with Crippen LogP contribution >= 0.6 is 0 Å². The molecule has 1 N–H and O–H groups in total. The van der Waals surface area contributed by atoms with Gasteiger partial charge in [-0.05, 0) is 37.7 Å². The van der Waals surface area contributed by atoms with Crippen molar-refractivity contribution in [1.82, 2.24) is 5.32 Å². The Labute approximate surface area is 84.0 Å². The van der Waals surface area contributed by atoms with Gasteiger partial charge in [-0.25, -0.2) is 0 Å². The van der Waals surface area contributed by atoms with Crippen molar-refractivity contribution in [3.05, 3.63) is 23.8 Å². The topological polar surface area (TPSA) is 30.5 Å². The van der Waals surface area contributed by atoms with E-state index in [1.807, 2.05) is 13.1 Å².